The largest absolute Gasteiger partial charge is 0.352 e. The summed E-state index contributed by atoms with van der Waals surface area (Å²) < 4.78 is 26.4. The van der Waals surface area contributed by atoms with Crippen LogP contribution in [0.15, 0.2) is 84.9 Å². The van der Waals surface area contributed by atoms with Gasteiger partial charge in [-0.1, -0.05) is 85.1 Å². The van der Waals surface area contributed by atoms with Crippen LogP contribution in [0.2, 0.25) is 5.02 Å². The van der Waals surface area contributed by atoms with E-state index in [0.717, 1.165) is 43.1 Å². The van der Waals surface area contributed by atoms with Crippen LogP contribution in [0.25, 0.3) is 0 Å². The number of carbonyl (C=O) groups is 2. The Labute approximate surface area is 248 Å². The monoisotopic (exact) mass is 595 g/mol. The van der Waals surface area contributed by atoms with Gasteiger partial charge in [-0.05, 0) is 54.7 Å². The average molecular weight is 596 g/mol. The predicted octanol–water partition coefficient (Wildman–Crippen LogP) is 5.59. The summed E-state index contributed by atoms with van der Waals surface area (Å²) in [5.41, 5.74) is 2.37. The highest BCUT2D eigenvalue weighted by molar-refractivity contribution is 7.92. The zero-order chi connectivity index (χ0) is 29.2. The third-order valence-corrected chi connectivity index (χ3v) is 8.88. The van der Waals surface area contributed by atoms with Crippen molar-refractivity contribution in [2.75, 3.05) is 17.1 Å². The molecule has 41 heavy (non-hydrogen) atoms. The summed E-state index contributed by atoms with van der Waals surface area (Å²) in [7, 11) is -3.54. The molecule has 3 aromatic carbocycles. The van der Waals surface area contributed by atoms with Crippen LogP contribution < -0.4 is 9.62 Å². The van der Waals surface area contributed by atoms with Crippen molar-refractivity contribution in [3.8, 4) is 0 Å². The maximum Gasteiger partial charge on any atom is 0.243 e. The zero-order valence-electron chi connectivity index (χ0n) is 23.4. The van der Waals surface area contributed by atoms with E-state index in [1.54, 1.807) is 41.3 Å². The van der Waals surface area contributed by atoms with Gasteiger partial charge in [0, 0.05) is 37.0 Å². The third-order valence-electron chi connectivity index (χ3n) is 7.44. The van der Waals surface area contributed by atoms with E-state index >= 15 is 0 Å². The quantitative estimate of drug-likeness (QED) is 0.279. The summed E-state index contributed by atoms with van der Waals surface area (Å²) >= 11 is 6.11. The lowest BCUT2D eigenvalue weighted by atomic mass is 10.0. The number of sulfonamides is 1. The molecule has 218 valence electrons. The van der Waals surface area contributed by atoms with Crippen LogP contribution >= 0.6 is 11.6 Å². The maximum absolute atomic E-state index is 13.9. The molecule has 1 atom stereocenters. The molecule has 4 rings (SSSR count). The van der Waals surface area contributed by atoms with Gasteiger partial charge in [0.05, 0.1) is 11.9 Å². The number of amides is 2. The van der Waals surface area contributed by atoms with E-state index in [4.69, 9.17) is 11.6 Å². The molecule has 1 aliphatic rings. The summed E-state index contributed by atoms with van der Waals surface area (Å²) in [6, 6.07) is 25.2. The van der Waals surface area contributed by atoms with Crippen molar-refractivity contribution in [2.24, 2.45) is 0 Å². The first-order chi connectivity index (χ1) is 19.7. The Morgan fingerprint density at radius 2 is 1.51 bits per heavy atom. The fourth-order valence-corrected chi connectivity index (χ4v) is 6.40. The van der Waals surface area contributed by atoms with Gasteiger partial charge >= 0.3 is 0 Å². The number of halogens is 1. The van der Waals surface area contributed by atoms with Crippen LogP contribution in [-0.2, 0) is 32.6 Å². The van der Waals surface area contributed by atoms with Crippen LogP contribution in [-0.4, -0.2) is 50.0 Å². The van der Waals surface area contributed by atoms with E-state index in [9.17, 15) is 18.0 Å². The number of hydrogen-bond donors (Lipinski definition) is 1. The highest BCUT2D eigenvalue weighted by Crippen LogP contribution is 2.22. The first-order valence-electron chi connectivity index (χ1n) is 14.1. The van der Waals surface area contributed by atoms with Crippen molar-refractivity contribution in [2.45, 2.75) is 63.6 Å². The minimum atomic E-state index is -3.54. The lowest BCUT2D eigenvalue weighted by molar-refractivity contribution is -0.141. The Balaban J connectivity index is 1.57. The van der Waals surface area contributed by atoms with Crippen LogP contribution in [0.3, 0.4) is 0 Å². The summed E-state index contributed by atoms with van der Waals surface area (Å²) in [5, 5.41) is 3.79. The Bertz CT molecular complexity index is 1380. The zero-order valence-corrected chi connectivity index (χ0v) is 25.0. The van der Waals surface area contributed by atoms with E-state index in [2.05, 4.69) is 5.32 Å². The molecule has 9 heteroatoms. The van der Waals surface area contributed by atoms with Gasteiger partial charge in [0.25, 0.3) is 0 Å². The topological polar surface area (TPSA) is 86.8 Å². The number of nitrogens with zero attached hydrogens (tertiary/aromatic N) is 2. The first-order valence-corrected chi connectivity index (χ1v) is 16.3. The van der Waals surface area contributed by atoms with Crippen LogP contribution in [0, 0.1) is 0 Å². The molecule has 2 amide bonds. The molecule has 0 saturated heterocycles. The minimum Gasteiger partial charge on any atom is -0.352 e. The molecule has 3 aromatic rings. The number of nitrogens with one attached hydrogen (secondary N) is 1. The fourth-order valence-electron chi connectivity index (χ4n) is 5.31. The normalized spacial score (nSPS) is 14.4. The van der Waals surface area contributed by atoms with Crippen LogP contribution in [0.5, 0.6) is 0 Å². The Morgan fingerprint density at radius 3 is 2.12 bits per heavy atom. The number of hydrogen-bond acceptors (Lipinski definition) is 4. The molecule has 0 heterocycles. The highest BCUT2D eigenvalue weighted by Gasteiger charge is 2.32. The minimum absolute atomic E-state index is 0.0917. The maximum atomic E-state index is 13.9. The van der Waals surface area contributed by atoms with Crippen LogP contribution in [0.1, 0.15) is 49.7 Å². The van der Waals surface area contributed by atoms with E-state index in [1.807, 2.05) is 48.5 Å². The molecule has 0 radical (unpaired) electrons. The van der Waals surface area contributed by atoms with Gasteiger partial charge in [-0.2, -0.15) is 0 Å². The van der Waals surface area contributed by atoms with Crippen molar-refractivity contribution < 1.29 is 18.0 Å². The Morgan fingerprint density at radius 1 is 0.902 bits per heavy atom. The second-order valence-electron chi connectivity index (χ2n) is 10.6. The summed E-state index contributed by atoms with van der Waals surface area (Å²) in [4.78, 5) is 29.3. The number of anilines is 1. The Kier molecular flexibility index (Phi) is 10.8. The average Bonchev–Trinajstić information content (AvgIpc) is 3.47. The first kappa shape index (κ1) is 30.6. The van der Waals surface area contributed by atoms with Gasteiger partial charge in [0.15, 0.2) is 0 Å². The second-order valence-corrected chi connectivity index (χ2v) is 13.0. The lowest BCUT2D eigenvalue weighted by Gasteiger charge is -2.33. The molecule has 7 nitrogen and oxygen atoms in total. The van der Waals surface area contributed by atoms with Gasteiger partial charge in [0.1, 0.15) is 6.04 Å². The smallest absolute Gasteiger partial charge is 0.243 e. The predicted molar refractivity (Wildman–Crippen MR) is 164 cm³/mol. The van der Waals surface area contributed by atoms with Crippen molar-refractivity contribution in [3.05, 3.63) is 101 Å². The number of para-hydroxylation sites is 1. The Hall–Kier alpha value is -3.36. The SMILES string of the molecule is CS(=O)(=O)N(CCCC(=O)N(Cc1ccc(Cl)cc1)[C@H](Cc1ccccc1)C(=O)NC1CCCC1)c1ccccc1. The van der Waals surface area contributed by atoms with Crippen molar-refractivity contribution in [1.29, 1.82) is 0 Å². The molecule has 1 aliphatic carbocycles. The number of benzene rings is 3. The van der Waals surface area contributed by atoms with Crippen molar-refractivity contribution in [1.82, 2.24) is 10.2 Å². The number of carbonyl (C=O) groups excluding carboxylic acids is 2. The van der Waals surface area contributed by atoms with E-state index in [1.165, 1.54) is 4.31 Å². The standard InChI is InChI=1S/C32H38ClN3O4S/c1-41(39,40)36(29-15-6-3-7-16-29)22-10-17-31(37)35(24-26-18-20-27(33)21-19-26)30(23-25-11-4-2-5-12-25)32(38)34-28-13-8-9-14-28/h2-7,11-12,15-16,18-21,28,30H,8-10,13-14,17,22-24H2,1H3,(H,34,38)/t30-/m1/s1. The molecular weight excluding hydrogens is 558 g/mol. The van der Waals surface area contributed by atoms with Gasteiger partial charge in [-0.15, -0.1) is 0 Å². The molecular formula is C32H38ClN3O4S. The molecule has 0 unspecified atom stereocenters. The summed E-state index contributed by atoms with van der Waals surface area (Å²) in [6.07, 6.45) is 5.98. The van der Waals surface area contributed by atoms with Crippen molar-refractivity contribution in [3.63, 3.8) is 0 Å². The third kappa shape index (κ3) is 9.07. The van der Waals surface area contributed by atoms with E-state index in [0.29, 0.717) is 23.6 Å². The lowest BCUT2D eigenvalue weighted by Crippen LogP contribution is -2.52. The molecule has 0 aliphatic heterocycles. The molecule has 0 aromatic heterocycles. The molecule has 0 spiro atoms. The van der Waals surface area contributed by atoms with Crippen LogP contribution in [0.4, 0.5) is 5.69 Å². The fraction of sp³-hybridized carbons (Fsp3) is 0.375. The van der Waals surface area contributed by atoms with Crippen molar-refractivity contribution >= 4 is 39.1 Å². The molecule has 1 fully saturated rings. The van der Waals surface area contributed by atoms with Gasteiger partial charge in [-0.25, -0.2) is 8.42 Å². The second kappa shape index (κ2) is 14.5. The van der Waals surface area contributed by atoms with Gasteiger partial charge in [-0.3, -0.25) is 13.9 Å². The molecule has 1 N–H and O–H groups in total. The van der Waals surface area contributed by atoms with E-state index < -0.39 is 16.1 Å². The summed E-state index contributed by atoms with van der Waals surface area (Å²) in [5.74, 6) is -0.367. The molecule has 0 bridgehead atoms. The van der Waals surface area contributed by atoms with E-state index in [-0.39, 0.29) is 37.4 Å². The number of rotatable bonds is 13. The highest BCUT2D eigenvalue weighted by atomic mass is 35.5. The molecule has 1 saturated carbocycles. The summed E-state index contributed by atoms with van der Waals surface area (Å²) in [6.45, 7) is 0.390. The van der Waals surface area contributed by atoms with Gasteiger partial charge in [0.2, 0.25) is 21.8 Å². The van der Waals surface area contributed by atoms with Gasteiger partial charge < -0.3 is 10.2 Å².